The largest absolute Gasteiger partial charge is 0.368 e. The van der Waals surface area contributed by atoms with Gasteiger partial charge in [0.25, 0.3) is 5.91 Å². The van der Waals surface area contributed by atoms with E-state index in [9.17, 15) is 9.59 Å². The lowest BCUT2D eigenvalue weighted by Gasteiger charge is -2.36. The monoisotopic (exact) mass is 298 g/mol. The first-order valence-electron chi connectivity index (χ1n) is 7.22. The summed E-state index contributed by atoms with van der Waals surface area (Å²) in [6, 6.07) is 10.9. The number of aromatic nitrogens is 1. The van der Waals surface area contributed by atoms with E-state index in [1.165, 1.54) is 0 Å². The lowest BCUT2D eigenvalue weighted by atomic mass is 10.1. The molecule has 6 nitrogen and oxygen atoms in total. The van der Waals surface area contributed by atoms with Crippen LogP contribution >= 0.6 is 0 Å². The lowest BCUT2D eigenvalue weighted by Crippen LogP contribution is -2.48. The zero-order valence-corrected chi connectivity index (χ0v) is 12.2. The Morgan fingerprint density at radius 2 is 1.68 bits per heavy atom. The van der Waals surface area contributed by atoms with Gasteiger partial charge in [-0.2, -0.15) is 0 Å². The van der Waals surface area contributed by atoms with Crippen molar-refractivity contribution in [1.82, 2.24) is 9.88 Å². The zero-order valence-electron chi connectivity index (χ0n) is 12.2. The minimum atomic E-state index is -0.423. The summed E-state index contributed by atoms with van der Waals surface area (Å²) in [5.41, 5.74) is 7.41. The lowest BCUT2D eigenvalue weighted by molar-refractivity contribution is 0.0741. The van der Waals surface area contributed by atoms with Crippen molar-refractivity contribution in [2.75, 3.05) is 31.1 Å². The molecular weight excluding hydrogens is 280 g/mol. The number of amides is 2. The predicted octanol–water partition coefficient (Wildman–Crippen LogP) is 1.08. The number of aromatic amines is 1. The van der Waals surface area contributed by atoms with Crippen molar-refractivity contribution < 1.29 is 9.59 Å². The molecule has 1 saturated heterocycles. The highest BCUT2D eigenvalue weighted by atomic mass is 16.2. The van der Waals surface area contributed by atoms with Gasteiger partial charge in [-0.1, -0.05) is 0 Å². The minimum absolute atomic E-state index is 0.0359. The van der Waals surface area contributed by atoms with Crippen molar-refractivity contribution in [3.63, 3.8) is 0 Å². The smallest absolute Gasteiger partial charge is 0.270 e. The van der Waals surface area contributed by atoms with E-state index in [4.69, 9.17) is 5.73 Å². The molecule has 1 aromatic carbocycles. The topological polar surface area (TPSA) is 82.4 Å². The van der Waals surface area contributed by atoms with Gasteiger partial charge in [0.05, 0.1) is 0 Å². The van der Waals surface area contributed by atoms with E-state index in [2.05, 4.69) is 9.88 Å². The number of piperazine rings is 1. The summed E-state index contributed by atoms with van der Waals surface area (Å²) >= 11 is 0. The molecule has 1 aliphatic heterocycles. The molecule has 0 bridgehead atoms. The van der Waals surface area contributed by atoms with Crippen LogP contribution in [0.15, 0.2) is 42.6 Å². The number of nitrogens with zero attached hydrogens (tertiary/aromatic N) is 2. The number of hydrogen-bond acceptors (Lipinski definition) is 3. The number of nitrogens with one attached hydrogen (secondary N) is 1. The third-order valence-corrected chi connectivity index (χ3v) is 3.91. The standard InChI is InChI=1S/C16H18N4O2/c17-15(21)12-3-5-13(6-4-12)19-8-10-20(11-9-19)16(22)14-2-1-7-18-14/h1-7,18H,8-11H2,(H2,17,21). The van der Waals surface area contributed by atoms with Crippen molar-refractivity contribution in [3.8, 4) is 0 Å². The Balaban J connectivity index is 1.62. The second-order valence-electron chi connectivity index (χ2n) is 5.27. The first-order chi connectivity index (χ1) is 10.6. The van der Waals surface area contributed by atoms with Crippen molar-refractivity contribution in [3.05, 3.63) is 53.9 Å². The quantitative estimate of drug-likeness (QED) is 0.889. The fourth-order valence-corrected chi connectivity index (χ4v) is 2.64. The van der Waals surface area contributed by atoms with Crippen LogP contribution in [-0.4, -0.2) is 47.9 Å². The van der Waals surface area contributed by atoms with Crippen LogP contribution in [0.4, 0.5) is 5.69 Å². The van der Waals surface area contributed by atoms with Gasteiger partial charge in [0.15, 0.2) is 0 Å². The third kappa shape index (κ3) is 2.81. The van der Waals surface area contributed by atoms with Crippen molar-refractivity contribution in [1.29, 1.82) is 0 Å². The second kappa shape index (κ2) is 5.93. The summed E-state index contributed by atoms with van der Waals surface area (Å²) < 4.78 is 0. The normalized spacial score (nSPS) is 14.9. The molecule has 1 fully saturated rings. The van der Waals surface area contributed by atoms with Crippen LogP contribution in [0, 0.1) is 0 Å². The summed E-state index contributed by atoms with van der Waals surface area (Å²) in [4.78, 5) is 30.3. The fraction of sp³-hybridized carbons (Fsp3) is 0.250. The van der Waals surface area contributed by atoms with Crippen LogP contribution in [-0.2, 0) is 0 Å². The summed E-state index contributed by atoms with van der Waals surface area (Å²) in [6.45, 7) is 2.88. The molecule has 0 aliphatic carbocycles. The Bertz CT molecular complexity index is 656. The maximum atomic E-state index is 12.2. The van der Waals surface area contributed by atoms with E-state index >= 15 is 0 Å². The maximum absolute atomic E-state index is 12.2. The van der Waals surface area contributed by atoms with E-state index < -0.39 is 5.91 Å². The maximum Gasteiger partial charge on any atom is 0.270 e. The molecular formula is C16H18N4O2. The Labute approximate surface area is 128 Å². The first-order valence-corrected chi connectivity index (χ1v) is 7.22. The fourth-order valence-electron chi connectivity index (χ4n) is 2.64. The third-order valence-electron chi connectivity index (χ3n) is 3.91. The number of rotatable bonds is 3. The average molecular weight is 298 g/mol. The van der Waals surface area contributed by atoms with Crippen LogP contribution in [0.5, 0.6) is 0 Å². The molecule has 3 N–H and O–H groups in total. The molecule has 6 heteroatoms. The number of carbonyl (C=O) groups is 2. The number of H-pyrrole nitrogens is 1. The predicted molar refractivity (Wildman–Crippen MR) is 83.9 cm³/mol. The van der Waals surface area contributed by atoms with Gasteiger partial charge in [-0.05, 0) is 36.4 Å². The highest BCUT2D eigenvalue weighted by molar-refractivity contribution is 5.93. The van der Waals surface area contributed by atoms with Crippen molar-refractivity contribution in [2.24, 2.45) is 5.73 Å². The molecule has 0 radical (unpaired) electrons. The molecule has 0 unspecified atom stereocenters. The molecule has 2 heterocycles. The highest BCUT2D eigenvalue weighted by Gasteiger charge is 2.22. The number of primary amides is 1. The molecule has 1 aliphatic rings. The van der Waals surface area contributed by atoms with Crippen molar-refractivity contribution in [2.45, 2.75) is 0 Å². The van der Waals surface area contributed by atoms with E-state index in [0.717, 1.165) is 18.8 Å². The molecule has 2 amide bonds. The van der Waals surface area contributed by atoms with Crippen LogP contribution in [0.1, 0.15) is 20.8 Å². The van der Waals surface area contributed by atoms with Gasteiger partial charge < -0.3 is 20.5 Å². The van der Waals surface area contributed by atoms with E-state index in [-0.39, 0.29) is 5.91 Å². The van der Waals surface area contributed by atoms with E-state index in [0.29, 0.717) is 24.3 Å². The SMILES string of the molecule is NC(=O)c1ccc(N2CCN(C(=O)c3ccc[nH]3)CC2)cc1. The molecule has 0 saturated carbocycles. The van der Waals surface area contributed by atoms with Crippen LogP contribution in [0.25, 0.3) is 0 Å². The van der Waals surface area contributed by atoms with Crippen LogP contribution in [0.3, 0.4) is 0 Å². The van der Waals surface area contributed by atoms with E-state index in [1.807, 2.05) is 23.1 Å². The first kappa shape index (κ1) is 14.2. The number of nitrogens with two attached hydrogens (primary N) is 1. The van der Waals surface area contributed by atoms with E-state index in [1.54, 1.807) is 24.4 Å². The molecule has 2 aromatic rings. The highest BCUT2D eigenvalue weighted by Crippen LogP contribution is 2.18. The molecule has 0 atom stereocenters. The Morgan fingerprint density at radius 1 is 1.00 bits per heavy atom. The Hall–Kier alpha value is -2.76. The van der Waals surface area contributed by atoms with Gasteiger partial charge in [0, 0.05) is 43.6 Å². The number of hydrogen-bond donors (Lipinski definition) is 2. The molecule has 1 aromatic heterocycles. The number of anilines is 1. The van der Waals surface area contributed by atoms with Gasteiger partial charge in [0.1, 0.15) is 5.69 Å². The van der Waals surface area contributed by atoms with Gasteiger partial charge in [0.2, 0.25) is 5.91 Å². The van der Waals surface area contributed by atoms with Crippen molar-refractivity contribution >= 4 is 17.5 Å². The van der Waals surface area contributed by atoms with Gasteiger partial charge in [-0.3, -0.25) is 9.59 Å². The summed E-state index contributed by atoms with van der Waals surface area (Å²) in [5, 5.41) is 0. The molecule has 114 valence electrons. The summed E-state index contributed by atoms with van der Waals surface area (Å²) in [7, 11) is 0. The van der Waals surface area contributed by atoms with Crippen LogP contribution in [0.2, 0.25) is 0 Å². The van der Waals surface area contributed by atoms with Gasteiger partial charge in [-0.25, -0.2) is 0 Å². The second-order valence-corrected chi connectivity index (χ2v) is 5.27. The molecule has 3 rings (SSSR count). The van der Waals surface area contributed by atoms with Crippen LogP contribution < -0.4 is 10.6 Å². The Kier molecular flexibility index (Phi) is 3.82. The minimum Gasteiger partial charge on any atom is -0.368 e. The average Bonchev–Trinajstić information content (AvgIpc) is 3.09. The van der Waals surface area contributed by atoms with Gasteiger partial charge >= 0.3 is 0 Å². The summed E-state index contributed by atoms with van der Waals surface area (Å²) in [5.74, 6) is -0.387. The molecule has 22 heavy (non-hydrogen) atoms. The number of carbonyl (C=O) groups excluding carboxylic acids is 2. The summed E-state index contributed by atoms with van der Waals surface area (Å²) in [6.07, 6.45) is 1.75. The Morgan fingerprint density at radius 3 is 2.23 bits per heavy atom. The zero-order chi connectivity index (χ0) is 15.5. The number of benzene rings is 1. The van der Waals surface area contributed by atoms with Gasteiger partial charge in [-0.15, -0.1) is 0 Å². The molecule has 0 spiro atoms.